The molecule has 0 aromatic heterocycles. The van der Waals surface area contributed by atoms with Gasteiger partial charge in [-0.1, -0.05) is 12.1 Å². The van der Waals surface area contributed by atoms with Crippen LogP contribution in [0.25, 0.3) is 0 Å². The van der Waals surface area contributed by atoms with Gasteiger partial charge in [0.2, 0.25) is 0 Å². The number of benzene rings is 2. The number of hydrogen-bond donors (Lipinski definition) is 2. The predicted octanol–water partition coefficient (Wildman–Crippen LogP) is 0.304. The molecule has 5 nitrogen and oxygen atoms in total. The summed E-state index contributed by atoms with van der Waals surface area (Å²) in [6, 6.07) is 11.3. The zero-order valence-electron chi connectivity index (χ0n) is 17.9. The first-order valence-corrected chi connectivity index (χ1v) is 10.4. The van der Waals surface area contributed by atoms with E-state index in [1.54, 1.807) is 30.1 Å². The minimum Gasteiger partial charge on any atom is -0.494 e. The summed E-state index contributed by atoms with van der Waals surface area (Å²) in [7, 11) is 3.23. The number of carbonyl (C=O) groups is 1. The quantitative estimate of drug-likeness (QED) is 0.678. The van der Waals surface area contributed by atoms with E-state index in [2.05, 4.69) is 0 Å². The number of amides is 1. The number of piperazine rings is 1. The van der Waals surface area contributed by atoms with Crippen molar-refractivity contribution < 1.29 is 28.1 Å². The van der Waals surface area contributed by atoms with E-state index in [-0.39, 0.29) is 29.3 Å². The van der Waals surface area contributed by atoms with Crippen LogP contribution in [0.15, 0.2) is 42.5 Å². The Bertz CT molecular complexity index is 869. The van der Waals surface area contributed by atoms with Gasteiger partial charge < -0.3 is 19.4 Å². The second-order valence-corrected chi connectivity index (χ2v) is 8.10. The molecule has 0 unspecified atom stereocenters. The van der Waals surface area contributed by atoms with Crippen molar-refractivity contribution in [3.05, 3.63) is 65.2 Å². The summed E-state index contributed by atoms with van der Waals surface area (Å²) < 4.78 is 32.3. The van der Waals surface area contributed by atoms with Crippen LogP contribution >= 0.6 is 0 Å². The fourth-order valence-electron chi connectivity index (χ4n) is 4.14. The molecule has 0 saturated carbocycles. The van der Waals surface area contributed by atoms with Crippen LogP contribution in [0.2, 0.25) is 0 Å². The number of hydrogen-bond acceptors (Lipinski definition) is 2. The number of carbonyl (C=O) groups excluding carboxylic acids is 1. The van der Waals surface area contributed by atoms with Crippen molar-refractivity contribution in [1.82, 2.24) is 4.90 Å². The number of ether oxygens (including phenoxy) is 1. The fraction of sp³-hybridized carbons (Fsp3) is 0.435. The lowest BCUT2D eigenvalue weighted by molar-refractivity contribution is -1.02. The van der Waals surface area contributed by atoms with Gasteiger partial charge in [0.15, 0.2) is 17.6 Å². The zero-order chi connectivity index (χ0) is 21.7. The van der Waals surface area contributed by atoms with Gasteiger partial charge in [0.05, 0.1) is 7.11 Å². The largest absolute Gasteiger partial charge is 0.494 e. The first-order chi connectivity index (χ1) is 14.4. The highest BCUT2D eigenvalue weighted by atomic mass is 19.1. The number of methoxy groups -OCH3 is 1. The molecule has 0 radical (unpaired) electrons. The molecule has 2 aromatic rings. The molecule has 3 rings (SSSR count). The number of nitrogens with one attached hydrogen (secondary N) is 2. The van der Waals surface area contributed by atoms with Crippen LogP contribution < -0.4 is 14.5 Å². The standard InChI is InChI=1S/C23H29F2N3O2/c1-17(23(29)26(2)15-18-5-4-6-20(24)13-18)28-11-9-27(10-12-28)16-19-7-8-22(30-3)21(25)14-19/h4-8,13-14,17H,9-12,15-16H2,1-3H3/p+2/t17-/m0/s1. The maximum absolute atomic E-state index is 13.9. The molecule has 0 bridgehead atoms. The van der Waals surface area contributed by atoms with Crippen molar-refractivity contribution >= 4 is 5.91 Å². The molecule has 7 heteroatoms. The third kappa shape index (κ3) is 5.55. The number of likely N-dealkylation sites (N-methyl/N-ethyl adjacent to an activating group) is 1. The Hall–Kier alpha value is -2.51. The molecule has 1 atom stereocenters. The lowest BCUT2D eigenvalue weighted by atomic mass is 10.1. The molecular weight excluding hydrogens is 388 g/mol. The Morgan fingerprint density at radius 1 is 1.10 bits per heavy atom. The molecule has 1 aliphatic heterocycles. The topological polar surface area (TPSA) is 38.4 Å². The van der Waals surface area contributed by atoms with E-state index in [0.717, 1.165) is 43.9 Å². The van der Waals surface area contributed by atoms with Crippen molar-refractivity contribution in [1.29, 1.82) is 0 Å². The van der Waals surface area contributed by atoms with Gasteiger partial charge in [-0.15, -0.1) is 0 Å². The van der Waals surface area contributed by atoms with Gasteiger partial charge in [-0.05, 0) is 42.8 Å². The van der Waals surface area contributed by atoms with Crippen LogP contribution in [0.3, 0.4) is 0 Å². The summed E-state index contributed by atoms with van der Waals surface area (Å²) in [5, 5.41) is 0. The predicted molar refractivity (Wildman–Crippen MR) is 110 cm³/mol. The molecule has 1 amide bonds. The van der Waals surface area contributed by atoms with Crippen LogP contribution in [0, 0.1) is 11.6 Å². The van der Waals surface area contributed by atoms with Crippen molar-refractivity contribution in [2.45, 2.75) is 26.1 Å². The van der Waals surface area contributed by atoms with Gasteiger partial charge in [0, 0.05) is 19.2 Å². The number of nitrogens with zero attached hydrogens (tertiary/aromatic N) is 1. The number of quaternary nitrogens is 2. The number of halogens is 2. The van der Waals surface area contributed by atoms with Gasteiger partial charge in [0.25, 0.3) is 5.91 Å². The summed E-state index contributed by atoms with van der Waals surface area (Å²) in [5.74, 6) is -0.297. The minimum absolute atomic E-state index is 0.0648. The summed E-state index contributed by atoms with van der Waals surface area (Å²) >= 11 is 0. The van der Waals surface area contributed by atoms with Crippen molar-refractivity contribution in [2.75, 3.05) is 40.3 Å². The van der Waals surface area contributed by atoms with Crippen LogP contribution in [0.4, 0.5) is 8.78 Å². The molecule has 0 spiro atoms. The van der Waals surface area contributed by atoms with Gasteiger partial charge in [-0.2, -0.15) is 0 Å². The van der Waals surface area contributed by atoms with E-state index in [0.29, 0.717) is 6.54 Å². The average Bonchev–Trinajstić information content (AvgIpc) is 2.73. The van der Waals surface area contributed by atoms with E-state index >= 15 is 0 Å². The van der Waals surface area contributed by atoms with E-state index < -0.39 is 0 Å². The highest BCUT2D eigenvalue weighted by Crippen LogP contribution is 2.17. The maximum atomic E-state index is 13.9. The molecule has 30 heavy (non-hydrogen) atoms. The third-order valence-electron chi connectivity index (χ3n) is 5.94. The summed E-state index contributed by atoms with van der Waals surface area (Å²) in [6.07, 6.45) is 0. The van der Waals surface area contributed by atoms with Crippen molar-refractivity contribution in [3.63, 3.8) is 0 Å². The number of rotatable bonds is 7. The Kier molecular flexibility index (Phi) is 7.39. The summed E-state index contributed by atoms with van der Waals surface area (Å²) in [4.78, 5) is 17.2. The molecule has 2 aromatic carbocycles. The van der Waals surface area contributed by atoms with E-state index in [9.17, 15) is 13.6 Å². The smallest absolute Gasteiger partial charge is 0.280 e. The van der Waals surface area contributed by atoms with Gasteiger partial charge in [-0.25, -0.2) is 8.78 Å². The third-order valence-corrected chi connectivity index (χ3v) is 5.94. The van der Waals surface area contributed by atoms with E-state index in [4.69, 9.17) is 4.74 Å². The van der Waals surface area contributed by atoms with Gasteiger partial charge in [0.1, 0.15) is 38.5 Å². The molecule has 1 heterocycles. The highest BCUT2D eigenvalue weighted by molar-refractivity contribution is 5.79. The summed E-state index contributed by atoms with van der Waals surface area (Å²) in [6.45, 7) is 6.74. The molecular formula is C23H31F2N3O2+2. The lowest BCUT2D eigenvalue weighted by Crippen LogP contribution is -3.29. The van der Waals surface area contributed by atoms with Gasteiger partial charge >= 0.3 is 0 Å². The summed E-state index contributed by atoms with van der Waals surface area (Å²) in [5.41, 5.74) is 1.74. The van der Waals surface area contributed by atoms with Crippen LogP contribution in [-0.2, 0) is 17.9 Å². The SMILES string of the molecule is COc1ccc(C[NH+]2CC[NH+]([C@@H](C)C(=O)N(C)Cc3cccc(F)c3)CC2)cc1F. The Labute approximate surface area is 176 Å². The van der Waals surface area contributed by atoms with Crippen LogP contribution in [0.5, 0.6) is 5.75 Å². The molecule has 1 aliphatic rings. The molecule has 0 aliphatic carbocycles. The second kappa shape index (κ2) is 10.00. The molecule has 162 valence electrons. The molecule has 2 N–H and O–H groups in total. The maximum Gasteiger partial charge on any atom is 0.280 e. The Morgan fingerprint density at radius 2 is 1.83 bits per heavy atom. The second-order valence-electron chi connectivity index (χ2n) is 8.10. The normalized spacial score (nSPS) is 19.9. The average molecular weight is 420 g/mol. The van der Waals surface area contributed by atoms with Gasteiger partial charge in [-0.3, -0.25) is 4.79 Å². The zero-order valence-corrected chi connectivity index (χ0v) is 17.9. The monoisotopic (exact) mass is 419 g/mol. The van der Waals surface area contributed by atoms with Crippen molar-refractivity contribution in [2.24, 2.45) is 0 Å². The van der Waals surface area contributed by atoms with Crippen molar-refractivity contribution in [3.8, 4) is 5.75 Å². The Balaban J connectivity index is 1.50. The molecule has 1 fully saturated rings. The first kappa shape index (κ1) is 22.2. The minimum atomic E-state index is -0.334. The van der Waals surface area contributed by atoms with E-state index in [1.807, 2.05) is 19.1 Å². The van der Waals surface area contributed by atoms with Crippen LogP contribution in [0.1, 0.15) is 18.1 Å². The van der Waals surface area contributed by atoms with E-state index in [1.165, 1.54) is 29.0 Å². The highest BCUT2D eigenvalue weighted by Gasteiger charge is 2.32. The Morgan fingerprint density at radius 3 is 2.47 bits per heavy atom. The molecule has 1 saturated heterocycles. The lowest BCUT2D eigenvalue weighted by Gasteiger charge is -2.34. The van der Waals surface area contributed by atoms with Crippen LogP contribution in [-0.4, -0.2) is 57.2 Å². The fourth-order valence-corrected chi connectivity index (χ4v) is 4.14. The first-order valence-electron chi connectivity index (χ1n) is 10.4.